The van der Waals surface area contributed by atoms with Crippen molar-refractivity contribution >= 4 is 29.0 Å². The number of carbonyl (C=O) groups excluding carboxylic acids is 1. The summed E-state index contributed by atoms with van der Waals surface area (Å²) in [6, 6.07) is 6.98. The zero-order valence-corrected chi connectivity index (χ0v) is 20.6. The van der Waals surface area contributed by atoms with E-state index in [4.69, 9.17) is 0 Å². The van der Waals surface area contributed by atoms with Crippen molar-refractivity contribution in [2.75, 3.05) is 7.05 Å². The molecule has 0 radical (unpaired) electrons. The van der Waals surface area contributed by atoms with Gasteiger partial charge in [-0.25, -0.2) is 27.5 Å². The largest absolute Gasteiger partial charge is 0.335 e. The molecular formula is C24H20F4N4OS2. The third kappa shape index (κ3) is 5.25. The molecule has 4 aromatic rings. The second kappa shape index (κ2) is 10.2. The first-order valence-corrected chi connectivity index (χ1v) is 12.2. The standard InChI is InChI=1S/C24H20F4N4OS2/c1-13-21(35-14(2)30-13)11-31(3)23(33)20-10-29-24(32(20)16-6-4-15(25)5-7-16)34-12-17-18(26)8-9-19(27)22(17)28/h4-10H,11-12H2,1-3H3. The van der Waals surface area contributed by atoms with Gasteiger partial charge in [-0.2, -0.15) is 0 Å². The van der Waals surface area contributed by atoms with Crippen LogP contribution in [0.25, 0.3) is 5.69 Å². The van der Waals surface area contributed by atoms with E-state index < -0.39 is 28.8 Å². The number of carbonyl (C=O) groups is 1. The molecule has 5 nitrogen and oxygen atoms in total. The van der Waals surface area contributed by atoms with Gasteiger partial charge < -0.3 is 4.90 Å². The van der Waals surface area contributed by atoms with Gasteiger partial charge in [0.25, 0.3) is 5.91 Å². The van der Waals surface area contributed by atoms with Gasteiger partial charge in [-0.15, -0.1) is 11.3 Å². The molecule has 0 N–H and O–H groups in total. The number of amides is 1. The number of nitrogens with zero attached hydrogens (tertiary/aromatic N) is 4. The van der Waals surface area contributed by atoms with Crippen molar-refractivity contribution in [3.8, 4) is 5.69 Å². The van der Waals surface area contributed by atoms with Gasteiger partial charge in [-0.3, -0.25) is 9.36 Å². The Labute approximate surface area is 207 Å². The Balaban J connectivity index is 1.67. The number of aromatic nitrogens is 3. The Kier molecular flexibility index (Phi) is 7.27. The van der Waals surface area contributed by atoms with E-state index >= 15 is 0 Å². The summed E-state index contributed by atoms with van der Waals surface area (Å²) >= 11 is 2.43. The van der Waals surface area contributed by atoms with Crippen LogP contribution in [0.3, 0.4) is 0 Å². The van der Waals surface area contributed by atoms with Crippen LogP contribution in [0.2, 0.25) is 0 Å². The molecule has 0 aliphatic rings. The zero-order chi connectivity index (χ0) is 25.3. The number of hydrogen-bond acceptors (Lipinski definition) is 5. The minimum absolute atomic E-state index is 0.181. The van der Waals surface area contributed by atoms with E-state index in [1.165, 1.54) is 51.3 Å². The summed E-state index contributed by atoms with van der Waals surface area (Å²) in [6.07, 6.45) is 1.35. The Hall–Kier alpha value is -3.18. The summed E-state index contributed by atoms with van der Waals surface area (Å²) in [5, 5.41) is 1.13. The third-order valence-corrected chi connectivity index (χ3v) is 7.28. The number of thiazole rings is 1. The monoisotopic (exact) mass is 520 g/mol. The van der Waals surface area contributed by atoms with Crippen LogP contribution in [0.15, 0.2) is 47.8 Å². The van der Waals surface area contributed by atoms with Crippen molar-refractivity contribution in [2.45, 2.75) is 31.3 Å². The van der Waals surface area contributed by atoms with Crippen LogP contribution >= 0.6 is 23.1 Å². The van der Waals surface area contributed by atoms with E-state index in [1.807, 2.05) is 13.8 Å². The van der Waals surface area contributed by atoms with Crippen molar-refractivity contribution in [3.63, 3.8) is 0 Å². The molecule has 0 spiro atoms. The Morgan fingerprint density at radius 2 is 1.74 bits per heavy atom. The first-order valence-electron chi connectivity index (χ1n) is 10.4. The van der Waals surface area contributed by atoms with E-state index in [0.717, 1.165) is 39.5 Å². The molecule has 0 fully saturated rings. The number of benzene rings is 2. The van der Waals surface area contributed by atoms with Crippen LogP contribution in [0.4, 0.5) is 17.6 Å². The predicted octanol–water partition coefficient (Wildman–Crippen LogP) is 6.07. The maximum Gasteiger partial charge on any atom is 0.272 e. The van der Waals surface area contributed by atoms with E-state index in [0.29, 0.717) is 12.2 Å². The van der Waals surface area contributed by atoms with Gasteiger partial charge in [0, 0.05) is 28.9 Å². The molecule has 2 aromatic carbocycles. The first kappa shape index (κ1) is 24.9. The normalized spacial score (nSPS) is 11.2. The molecule has 0 bridgehead atoms. The molecule has 1 amide bonds. The Morgan fingerprint density at radius 1 is 1.06 bits per heavy atom. The van der Waals surface area contributed by atoms with Crippen LogP contribution < -0.4 is 0 Å². The number of thioether (sulfide) groups is 1. The zero-order valence-electron chi connectivity index (χ0n) is 19.0. The van der Waals surface area contributed by atoms with Crippen molar-refractivity contribution in [2.24, 2.45) is 0 Å². The van der Waals surface area contributed by atoms with Gasteiger partial charge in [0.1, 0.15) is 17.3 Å². The van der Waals surface area contributed by atoms with Crippen molar-refractivity contribution in [3.05, 3.63) is 92.7 Å². The van der Waals surface area contributed by atoms with Gasteiger partial charge in [0.05, 0.1) is 23.4 Å². The second-order valence-corrected chi connectivity index (χ2v) is 9.98. The Bertz CT molecular complexity index is 1390. The van der Waals surface area contributed by atoms with Crippen molar-refractivity contribution in [1.82, 2.24) is 19.4 Å². The quantitative estimate of drug-likeness (QED) is 0.169. The van der Waals surface area contributed by atoms with Crippen LogP contribution in [0.5, 0.6) is 0 Å². The minimum atomic E-state index is -1.27. The lowest BCUT2D eigenvalue weighted by Crippen LogP contribution is -2.28. The van der Waals surface area contributed by atoms with Crippen LogP contribution in [0, 0.1) is 37.1 Å². The second-order valence-electron chi connectivity index (χ2n) is 7.75. The fourth-order valence-electron chi connectivity index (χ4n) is 3.47. The molecule has 0 aliphatic carbocycles. The highest BCUT2D eigenvalue weighted by atomic mass is 32.2. The van der Waals surface area contributed by atoms with Gasteiger partial charge in [0.15, 0.2) is 16.8 Å². The molecule has 2 heterocycles. The molecule has 4 rings (SSSR count). The molecule has 0 aliphatic heterocycles. The van der Waals surface area contributed by atoms with E-state index in [2.05, 4.69) is 9.97 Å². The molecule has 0 saturated heterocycles. The number of halogens is 4. The maximum atomic E-state index is 14.2. The van der Waals surface area contributed by atoms with Crippen LogP contribution in [0.1, 0.15) is 31.6 Å². The molecule has 11 heteroatoms. The van der Waals surface area contributed by atoms with Gasteiger partial charge in [-0.1, -0.05) is 11.8 Å². The maximum absolute atomic E-state index is 14.2. The smallest absolute Gasteiger partial charge is 0.272 e. The lowest BCUT2D eigenvalue weighted by Gasteiger charge is -2.18. The number of rotatable bonds is 7. The summed E-state index contributed by atoms with van der Waals surface area (Å²) in [5.41, 5.74) is 1.02. The number of hydrogen-bond donors (Lipinski definition) is 0. The van der Waals surface area contributed by atoms with Crippen molar-refractivity contribution in [1.29, 1.82) is 0 Å². The average Bonchev–Trinajstić information content (AvgIpc) is 3.38. The average molecular weight is 521 g/mol. The predicted molar refractivity (Wildman–Crippen MR) is 127 cm³/mol. The number of aryl methyl sites for hydroxylation is 2. The topological polar surface area (TPSA) is 51.0 Å². The fourth-order valence-corrected chi connectivity index (χ4v) is 5.46. The molecule has 35 heavy (non-hydrogen) atoms. The summed E-state index contributed by atoms with van der Waals surface area (Å²) in [6.45, 7) is 4.09. The molecule has 0 saturated carbocycles. The summed E-state index contributed by atoms with van der Waals surface area (Å²) in [7, 11) is 1.64. The summed E-state index contributed by atoms with van der Waals surface area (Å²) in [5.74, 6) is -4.41. The lowest BCUT2D eigenvalue weighted by atomic mass is 10.2. The SMILES string of the molecule is Cc1nc(C)c(CN(C)C(=O)c2cnc(SCc3c(F)ccc(F)c3F)n2-c2ccc(F)cc2)s1. The first-order chi connectivity index (χ1) is 16.7. The minimum Gasteiger partial charge on any atom is -0.335 e. The molecule has 0 atom stereocenters. The molecule has 2 aromatic heterocycles. The lowest BCUT2D eigenvalue weighted by molar-refractivity contribution is 0.0777. The van der Waals surface area contributed by atoms with E-state index in [-0.39, 0.29) is 22.5 Å². The molecule has 0 unspecified atom stereocenters. The highest BCUT2D eigenvalue weighted by Gasteiger charge is 2.23. The van der Waals surface area contributed by atoms with E-state index in [9.17, 15) is 22.4 Å². The van der Waals surface area contributed by atoms with E-state index in [1.54, 1.807) is 7.05 Å². The summed E-state index contributed by atoms with van der Waals surface area (Å²) in [4.78, 5) is 24.5. The van der Waals surface area contributed by atoms with Crippen molar-refractivity contribution < 1.29 is 22.4 Å². The van der Waals surface area contributed by atoms with Gasteiger partial charge in [-0.05, 0) is 50.2 Å². The number of imidazole rings is 1. The highest BCUT2D eigenvalue weighted by Crippen LogP contribution is 2.30. The van der Waals surface area contributed by atoms with Crippen LogP contribution in [-0.4, -0.2) is 32.4 Å². The fraction of sp³-hybridized carbons (Fsp3) is 0.208. The van der Waals surface area contributed by atoms with Gasteiger partial charge >= 0.3 is 0 Å². The molecular weight excluding hydrogens is 500 g/mol. The highest BCUT2D eigenvalue weighted by molar-refractivity contribution is 7.98. The molecule has 182 valence electrons. The Morgan fingerprint density at radius 3 is 2.40 bits per heavy atom. The van der Waals surface area contributed by atoms with Gasteiger partial charge in [0.2, 0.25) is 0 Å². The third-order valence-electron chi connectivity index (χ3n) is 5.24. The summed E-state index contributed by atoms with van der Waals surface area (Å²) < 4.78 is 56.9. The van der Waals surface area contributed by atoms with Crippen LogP contribution in [-0.2, 0) is 12.3 Å².